The third-order valence-corrected chi connectivity index (χ3v) is 21.3. The molecule has 0 amide bonds. The van der Waals surface area contributed by atoms with Crippen LogP contribution in [0.3, 0.4) is 0 Å². The van der Waals surface area contributed by atoms with E-state index < -0.39 is 16.4 Å². The first-order chi connectivity index (χ1) is 11.9. The number of hydrogen-bond donors (Lipinski definition) is 0. The summed E-state index contributed by atoms with van der Waals surface area (Å²) in [4.78, 5) is 0. The summed E-state index contributed by atoms with van der Waals surface area (Å²) < 4.78 is 6.74. The highest BCUT2D eigenvalue weighted by atomic mass is 28.4. The smallest absolute Gasteiger partial charge is 0.200 e. The molecule has 0 aromatic heterocycles. The van der Waals surface area contributed by atoms with Gasteiger partial charge in [-0.2, -0.15) is 0 Å². The van der Waals surface area contributed by atoms with E-state index >= 15 is 0 Å². The maximum atomic E-state index is 6.74. The van der Waals surface area contributed by atoms with Crippen molar-refractivity contribution in [1.82, 2.24) is 0 Å². The highest BCUT2D eigenvalue weighted by Gasteiger charge is 2.45. The second kappa shape index (κ2) is 11.4. The molecular formula is C23H52OSi2. The van der Waals surface area contributed by atoms with Gasteiger partial charge >= 0.3 is 0 Å². The molecule has 0 saturated heterocycles. The molecule has 0 heterocycles. The van der Waals surface area contributed by atoms with Gasteiger partial charge in [-0.25, -0.2) is 0 Å². The molecular weight excluding hydrogens is 348 g/mol. The van der Waals surface area contributed by atoms with Crippen molar-refractivity contribution in [1.29, 1.82) is 0 Å². The van der Waals surface area contributed by atoms with Crippen LogP contribution in [0.4, 0.5) is 0 Å². The number of unbranched alkanes of at least 4 members (excludes halogenated alkanes) is 2. The van der Waals surface area contributed by atoms with E-state index in [2.05, 4.69) is 83.1 Å². The fraction of sp³-hybridized carbons (Fsp3) is 1.00. The molecule has 0 saturated carbocycles. The van der Waals surface area contributed by atoms with E-state index in [1.807, 2.05) is 0 Å². The molecule has 0 spiro atoms. The minimum absolute atomic E-state index is 0.699. The van der Waals surface area contributed by atoms with Crippen molar-refractivity contribution in [3.63, 3.8) is 0 Å². The molecule has 158 valence electrons. The summed E-state index contributed by atoms with van der Waals surface area (Å²) >= 11 is 0. The molecule has 0 aliphatic rings. The van der Waals surface area contributed by atoms with E-state index in [0.717, 1.165) is 23.2 Å². The molecule has 1 nitrogen and oxygen atoms in total. The third kappa shape index (κ3) is 5.94. The van der Waals surface area contributed by atoms with Gasteiger partial charge in [0.25, 0.3) is 0 Å². The van der Waals surface area contributed by atoms with Crippen LogP contribution in [-0.2, 0) is 4.43 Å². The average molecular weight is 401 g/mol. The summed E-state index contributed by atoms with van der Waals surface area (Å²) in [5, 5.41) is 0. The Labute approximate surface area is 169 Å². The minimum Gasteiger partial charge on any atom is -0.416 e. The molecule has 0 rings (SSSR count). The van der Waals surface area contributed by atoms with Gasteiger partial charge in [-0.15, -0.1) is 0 Å². The molecule has 0 atom stereocenters. The monoisotopic (exact) mass is 400 g/mol. The van der Waals surface area contributed by atoms with Gasteiger partial charge in [0.05, 0.1) is 8.07 Å². The Kier molecular flexibility index (Phi) is 11.6. The van der Waals surface area contributed by atoms with Gasteiger partial charge in [0.1, 0.15) is 0 Å². The maximum Gasteiger partial charge on any atom is 0.200 e. The molecule has 0 aromatic carbocycles. The molecule has 0 fully saturated rings. The van der Waals surface area contributed by atoms with Crippen molar-refractivity contribution >= 4 is 16.4 Å². The van der Waals surface area contributed by atoms with Crippen LogP contribution in [0.25, 0.3) is 0 Å². The SMILES string of the molecule is CC(C)[Si](CCCCCO[Si](C(C)C)(C(C)C)C(C)C)(C(C)C)C(C)C. The second-order valence-corrected chi connectivity index (χ2v) is 22.2. The molecule has 26 heavy (non-hydrogen) atoms. The second-order valence-electron chi connectivity index (χ2n) is 10.6. The van der Waals surface area contributed by atoms with Gasteiger partial charge in [0.2, 0.25) is 0 Å². The quantitative estimate of drug-likeness (QED) is 0.221. The lowest BCUT2D eigenvalue weighted by Crippen LogP contribution is -2.48. The van der Waals surface area contributed by atoms with Gasteiger partial charge in [0, 0.05) is 6.61 Å². The first kappa shape index (κ1) is 26.4. The highest BCUT2D eigenvalue weighted by Crippen LogP contribution is 2.45. The van der Waals surface area contributed by atoms with Crippen molar-refractivity contribution in [2.75, 3.05) is 6.61 Å². The van der Waals surface area contributed by atoms with Crippen molar-refractivity contribution in [3.05, 3.63) is 0 Å². The van der Waals surface area contributed by atoms with Gasteiger partial charge in [-0.1, -0.05) is 119 Å². The molecule has 0 radical (unpaired) electrons. The van der Waals surface area contributed by atoms with Crippen molar-refractivity contribution < 1.29 is 4.43 Å². The predicted octanol–water partition coefficient (Wildman–Crippen LogP) is 9.03. The Hall–Kier alpha value is 0.394. The van der Waals surface area contributed by atoms with Crippen LogP contribution in [0, 0.1) is 0 Å². The zero-order valence-electron chi connectivity index (χ0n) is 20.4. The Balaban J connectivity index is 4.67. The van der Waals surface area contributed by atoms with Gasteiger partial charge in [0.15, 0.2) is 8.32 Å². The van der Waals surface area contributed by atoms with Crippen LogP contribution in [0.1, 0.15) is 102 Å². The Bertz CT molecular complexity index is 293. The van der Waals surface area contributed by atoms with Crippen LogP contribution >= 0.6 is 0 Å². The van der Waals surface area contributed by atoms with E-state index in [1.165, 1.54) is 25.3 Å². The minimum atomic E-state index is -1.67. The van der Waals surface area contributed by atoms with Crippen LogP contribution in [0.2, 0.25) is 39.3 Å². The molecule has 0 unspecified atom stereocenters. The summed E-state index contributed by atoms with van der Waals surface area (Å²) in [6, 6.07) is 1.50. The topological polar surface area (TPSA) is 9.23 Å². The van der Waals surface area contributed by atoms with Crippen LogP contribution < -0.4 is 0 Å². The van der Waals surface area contributed by atoms with Gasteiger partial charge in [-0.05, 0) is 23.0 Å². The summed E-state index contributed by atoms with van der Waals surface area (Å²) in [6.45, 7) is 30.3. The summed E-state index contributed by atoms with van der Waals surface area (Å²) in [7, 11) is -2.88. The standard InChI is InChI=1S/C23H52OSi2/c1-18(2)25(19(3)4,20(5)6)17-15-13-14-16-24-26(21(7)8,22(9)10)23(11)12/h18-23H,13-17H2,1-12H3. The Morgan fingerprint density at radius 2 is 0.885 bits per heavy atom. The highest BCUT2D eigenvalue weighted by molar-refractivity contribution is 6.83. The summed E-state index contributed by atoms with van der Waals surface area (Å²) in [5.74, 6) is 0. The first-order valence-corrected chi connectivity index (χ1v) is 16.1. The Morgan fingerprint density at radius 3 is 1.19 bits per heavy atom. The normalized spacial score (nSPS) is 14.1. The summed E-state index contributed by atoms with van der Waals surface area (Å²) in [6.07, 6.45) is 4.00. The Morgan fingerprint density at radius 1 is 0.500 bits per heavy atom. The van der Waals surface area contributed by atoms with Crippen LogP contribution in [-0.4, -0.2) is 23.0 Å². The van der Waals surface area contributed by atoms with Crippen LogP contribution in [0.5, 0.6) is 0 Å². The van der Waals surface area contributed by atoms with E-state index in [1.54, 1.807) is 0 Å². The van der Waals surface area contributed by atoms with E-state index in [-0.39, 0.29) is 0 Å². The summed E-state index contributed by atoms with van der Waals surface area (Å²) in [5.41, 5.74) is 4.77. The fourth-order valence-electron chi connectivity index (χ4n) is 6.32. The molecule has 0 bridgehead atoms. The zero-order valence-corrected chi connectivity index (χ0v) is 22.4. The van der Waals surface area contributed by atoms with Gasteiger partial charge in [-0.3, -0.25) is 0 Å². The molecule has 0 aliphatic heterocycles. The van der Waals surface area contributed by atoms with Crippen LogP contribution in [0.15, 0.2) is 0 Å². The van der Waals surface area contributed by atoms with Crippen molar-refractivity contribution in [3.8, 4) is 0 Å². The van der Waals surface area contributed by atoms with E-state index in [4.69, 9.17) is 4.43 Å². The average Bonchev–Trinajstić information content (AvgIpc) is 2.47. The lowest BCUT2D eigenvalue weighted by atomic mass is 10.3. The molecule has 0 aromatic rings. The number of hydrogen-bond acceptors (Lipinski definition) is 1. The zero-order chi connectivity index (χ0) is 20.7. The van der Waals surface area contributed by atoms with Crippen molar-refractivity contribution in [2.45, 2.75) is 142 Å². The lowest BCUT2D eigenvalue weighted by Gasteiger charge is -2.43. The number of rotatable bonds is 13. The predicted molar refractivity (Wildman–Crippen MR) is 127 cm³/mol. The largest absolute Gasteiger partial charge is 0.416 e. The van der Waals surface area contributed by atoms with Gasteiger partial charge < -0.3 is 4.43 Å². The first-order valence-electron chi connectivity index (χ1n) is 11.5. The molecule has 0 N–H and O–H groups in total. The lowest BCUT2D eigenvalue weighted by molar-refractivity contribution is 0.269. The maximum absolute atomic E-state index is 6.74. The molecule has 0 aliphatic carbocycles. The fourth-order valence-corrected chi connectivity index (χ4v) is 18.4. The third-order valence-electron chi connectivity index (χ3n) is 7.54. The van der Waals surface area contributed by atoms with Crippen molar-refractivity contribution in [2.24, 2.45) is 0 Å². The van der Waals surface area contributed by atoms with E-state index in [9.17, 15) is 0 Å². The van der Waals surface area contributed by atoms with E-state index in [0.29, 0.717) is 16.6 Å². The molecule has 3 heteroatoms.